The van der Waals surface area contributed by atoms with Crippen molar-refractivity contribution in [3.05, 3.63) is 29.3 Å². The number of nitrogens with one attached hydrogen (secondary N) is 1. The molecule has 1 rings (SSSR count). The Morgan fingerprint density at radius 3 is 2.60 bits per heavy atom. The third-order valence-electron chi connectivity index (χ3n) is 2.52. The summed E-state index contributed by atoms with van der Waals surface area (Å²) in [7, 11) is 0. The zero-order valence-corrected chi connectivity index (χ0v) is 12.8. The van der Waals surface area contributed by atoms with Crippen LogP contribution in [0.4, 0.5) is 0 Å². The number of hydrogen-bond donors (Lipinski definition) is 2. The standard InChI is InChI=1S/C14H18ClNO3S/c1-10(9-14(18)19)16-13(17)3-2-8-20-12-6-4-11(15)5-7-12/h4-7,10H,2-3,8-9H2,1H3,(H,16,17)(H,18,19). The number of amides is 1. The zero-order valence-electron chi connectivity index (χ0n) is 11.3. The van der Waals surface area contributed by atoms with Gasteiger partial charge in [-0.3, -0.25) is 9.59 Å². The van der Waals surface area contributed by atoms with Crippen molar-refractivity contribution in [2.45, 2.75) is 37.1 Å². The summed E-state index contributed by atoms with van der Waals surface area (Å²) in [4.78, 5) is 23.1. The lowest BCUT2D eigenvalue weighted by molar-refractivity contribution is -0.137. The van der Waals surface area contributed by atoms with Gasteiger partial charge in [0.25, 0.3) is 0 Å². The van der Waals surface area contributed by atoms with Crippen LogP contribution < -0.4 is 5.32 Å². The summed E-state index contributed by atoms with van der Waals surface area (Å²) in [5, 5.41) is 12.0. The van der Waals surface area contributed by atoms with Gasteiger partial charge in [0.1, 0.15) is 0 Å². The Hall–Kier alpha value is -1.20. The van der Waals surface area contributed by atoms with Crippen molar-refractivity contribution >= 4 is 35.2 Å². The molecule has 1 unspecified atom stereocenters. The van der Waals surface area contributed by atoms with Crippen molar-refractivity contribution in [1.82, 2.24) is 5.32 Å². The van der Waals surface area contributed by atoms with Gasteiger partial charge in [0.2, 0.25) is 5.91 Å². The van der Waals surface area contributed by atoms with Crippen molar-refractivity contribution in [1.29, 1.82) is 0 Å². The molecule has 1 aromatic carbocycles. The molecule has 1 atom stereocenters. The van der Waals surface area contributed by atoms with Gasteiger partial charge in [0.05, 0.1) is 6.42 Å². The minimum absolute atomic E-state index is 0.0503. The fourth-order valence-corrected chi connectivity index (χ4v) is 2.59. The second kappa shape index (κ2) is 8.87. The smallest absolute Gasteiger partial charge is 0.305 e. The predicted molar refractivity (Wildman–Crippen MR) is 81.3 cm³/mol. The van der Waals surface area contributed by atoms with Gasteiger partial charge in [-0.25, -0.2) is 0 Å². The average molecular weight is 316 g/mol. The van der Waals surface area contributed by atoms with Gasteiger partial charge in [0, 0.05) is 22.4 Å². The van der Waals surface area contributed by atoms with Gasteiger partial charge in [-0.15, -0.1) is 11.8 Å². The second-order valence-electron chi connectivity index (χ2n) is 4.47. The van der Waals surface area contributed by atoms with Crippen LogP contribution in [0.1, 0.15) is 26.2 Å². The van der Waals surface area contributed by atoms with Crippen LogP contribution in [0.5, 0.6) is 0 Å². The van der Waals surface area contributed by atoms with Gasteiger partial charge in [-0.05, 0) is 43.4 Å². The summed E-state index contributed by atoms with van der Waals surface area (Å²) in [6, 6.07) is 7.24. The van der Waals surface area contributed by atoms with Crippen LogP contribution in [0.3, 0.4) is 0 Å². The zero-order chi connectivity index (χ0) is 15.0. The molecule has 1 aromatic rings. The summed E-state index contributed by atoms with van der Waals surface area (Å²) >= 11 is 7.46. The van der Waals surface area contributed by atoms with Crippen molar-refractivity contribution in [3.63, 3.8) is 0 Å². The molecule has 0 heterocycles. The van der Waals surface area contributed by atoms with Crippen LogP contribution in [-0.2, 0) is 9.59 Å². The molecule has 0 radical (unpaired) electrons. The first-order valence-corrected chi connectivity index (χ1v) is 7.73. The van der Waals surface area contributed by atoms with E-state index in [4.69, 9.17) is 16.7 Å². The first-order chi connectivity index (χ1) is 9.47. The predicted octanol–water partition coefficient (Wildman–Crippen LogP) is 3.19. The molecule has 110 valence electrons. The summed E-state index contributed by atoms with van der Waals surface area (Å²) in [6.45, 7) is 1.69. The maximum absolute atomic E-state index is 11.6. The van der Waals surface area contributed by atoms with E-state index < -0.39 is 5.97 Å². The fraction of sp³-hybridized carbons (Fsp3) is 0.429. The van der Waals surface area contributed by atoms with Crippen molar-refractivity contribution < 1.29 is 14.7 Å². The van der Waals surface area contributed by atoms with E-state index in [1.54, 1.807) is 18.7 Å². The van der Waals surface area contributed by atoms with E-state index in [1.165, 1.54) is 0 Å². The van der Waals surface area contributed by atoms with Crippen LogP contribution in [0, 0.1) is 0 Å². The highest BCUT2D eigenvalue weighted by atomic mass is 35.5. The van der Waals surface area contributed by atoms with Gasteiger partial charge in [-0.1, -0.05) is 11.6 Å². The first kappa shape index (κ1) is 16.9. The number of rotatable bonds is 8. The van der Waals surface area contributed by atoms with Crippen LogP contribution in [0.2, 0.25) is 5.02 Å². The molecule has 0 spiro atoms. The minimum Gasteiger partial charge on any atom is -0.481 e. The highest BCUT2D eigenvalue weighted by Crippen LogP contribution is 2.21. The van der Waals surface area contributed by atoms with Crippen LogP contribution in [-0.4, -0.2) is 28.8 Å². The Kier molecular flexibility index (Phi) is 7.47. The van der Waals surface area contributed by atoms with Gasteiger partial charge >= 0.3 is 5.97 Å². The Labute approximate surface area is 127 Å². The number of carboxylic acids is 1. The number of aliphatic carboxylic acids is 1. The normalized spacial score (nSPS) is 11.9. The number of carboxylic acid groups (broad SMARTS) is 1. The summed E-state index contributed by atoms with van der Waals surface area (Å²) in [5.74, 6) is -0.172. The molecule has 0 aliphatic heterocycles. The van der Waals surface area contributed by atoms with E-state index in [0.717, 1.165) is 17.1 Å². The van der Waals surface area contributed by atoms with Crippen LogP contribution in [0.25, 0.3) is 0 Å². The van der Waals surface area contributed by atoms with E-state index in [2.05, 4.69) is 5.32 Å². The number of carbonyl (C=O) groups excluding carboxylic acids is 1. The molecule has 4 nitrogen and oxygen atoms in total. The number of benzene rings is 1. The van der Waals surface area contributed by atoms with Gasteiger partial charge in [0.15, 0.2) is 0 Å². The minimum atomic E-state index is -0.906. The molecule has 1 amide bonds. The Balaban J connectivity index is 2.15. The second-order valence-corrected chi connectivity index (χ2v) is 6.08. The maximum Gasteiger partial charge on any atom is 0.305 e. The van der Waals surface area contributed by atoms with E-state index in [0.29, 0.717) is 11.4 Å². The van der Waals surface area contributed by atoms with E-state index >= 15 is 0 Å². The lowest BCUT2D eigenvalue weighted by Gasteiger charge is -2.11. The van der Waals surface area contributed by atoms with E-state index in [1.807, 2.05) is 24.3 Å². The lowest BCUT2D eigenvalue weighted by atomic mass is 10.2. The topological polar surface area (TPSA) is 66.4 Å². The first-order valence-electron chi connectivity index (χ1n) is 6.37. The summed E-state index contributed by atoms with van der Waals surface area (Å²) in [5.41, 5.74) is 0. The largest absolute Gasteiger partial charge is 0.481 e. The molecule has 0 aliphatic carbocycles. The van der Waals surface area contributed by atoms with E-state index in [9.17, 15) is 9.59 Å². The Morgan fingerprint density at radius 2 is 2.00 bits per heavy atom. The third kappa shape index (κ3) is 7.40. The molecule has 0 aromatic heterocycles. The molecule has 20 heavy (non-hydrogen) atoms. The molecular formula is C14H18ClNO3S. The van der Waals surface area contributed by atoms with Gasteiger partial charge < -0.3 is 10.4 Å². The summed E-state index contributed by atoms with van der Waals surface area (Å²) in [6.07, 6.45) is 1.11. The van der Waals surface area contributed by atoms with Crippen LogP contribution in [0.15, 0.2) is 29.2 Å². The average Bonchev–Trinajstić information content (AvgIpc) is 2.35. The Morgan fingerprint density at radius 1 is 1.35 bits per heavy atom. The van der Waals surface area contributed by atoms with Gasteiger partial charge in [-0.2, -0.15) is 0 Å². The lowest BCUT2D eigenvalue weighted by Crippen LogP contribution is -2.34. The van der Waals surface area contributed by atoms with E-state index in [-0.39, 0.29) is 18.4 Å². The monoisotopic (exact) mass is 315 g/mol. The molecule has 0 saturated carbocycles. The number of hydrogen-bond acceptors (Lipinski definition) is 3. The highest BCUT2D eigenvalue weighted by Gasteiger charge is 2.10. The highest BCUT2D eigenvalue weighted by molar-refractivity contribution is 7.99. The van der Waals surface area contributed by atoms with Crippen LogP contribution >= 0.6 is 23.4 Å². The molecule has 6 heteroatoms. The number of halogens is 1. The molecular weight excluding hydrogens is 298 g/mol. The van der Waals surface area contributed by atoms with Crippen molar-refractivity contribution in [2.75, 3.05) is 5.75 Å². The molecule has 0 saturated heterocycles. The summed E-state index contributed by atoms with van der Waals surface area (Å²) < 4.78 is 0. The third-order valence-corrected chi connectivity index (χ3v) is 3.87. The quantitative estimate of drug-likeness (QED) is 0.571. The maximum atomic E-state index is 11.6. The Bertz CT molecular complexity index is 450. The molecule has 0 aliphatic rings. The van der Waals surface area contributed by atoms with Crippen molar-refractivity contribution in [2.24, 2.45) is 0 Å². The fourth-order valence-electron chi connectivity index (χ4n) is 1.61. The number of carbonyl (C=O) groups is 2. The SMILES string of the molecule is CC(CC(=O)O)NC(=O)CCCSc1ccc(Cl)cc1. The van der Waals surface area contributed by atoms with Crippen molar-refractivity contribution in [3.8, 4) is 0 Å². The molecule has 0 fully saturated rings. The molecule has 0 bridgehead atoms. The molecule has 2 N–H and O–H groups in total. The number of thioether (sulfide) groups is 1.